The summed E-state index contributed by atoms with van der Waals surface area (Å²) in [6, 6.07) is 1.75. The monoisotopic (exact) mass is 241 g/mol. The van der Waals surface area contributed by atoms with Crippen molar-refractivity contribution in [2.24, 2.45) is 10.7 Å². The Labute approximate surface area is 105 Å². The number of H-pyrrole nitrogens is 1. The number of aromatic amines is 1. The first-order chi connectivity index (χ1) is 8.63. The molecule has 5 nitrogen and oxygen atoms in total. The highest BCUT2D eigenvalue weighted by Gasteiger charge is 2.11. The fourth-order valence-electron chi connectivity index (χ4n) is 1.78. The summed E-state index contributed by atoms with van der Waals surface area (Å²) >= 11 is 0. The molecule has 0 radical (unpaired) electrons. The minimum absolute atomic E-state index is 0.250. The van der Waals surface area contributed by atoms with Gasteiger partial charge in [-0.25, -0.2) is 9.98 Å². The zero-order chi connectivity index (χ0) is 13.1. The highest BCUT2D eigenvalue weighted by molar-refractivity contribution is 6.18. The van der Waals surface area contributed by atoms with Crippen LogP contribution in [0.3, 0.4) is 0 Å². The molecule has 2 heterocycles. The molecule has 0 aliphatic carbocycles. The standard InChI is InChI=1S/C13H15N5/c1-3-4-11(18-8(2)14)9-7-17-13-12(9)10(15)5-6-16-13/h3-7H,2,14H2,1H3,(H3,15,16,17)/b4-3-,18-11+. The van der Waals surface area contributed by atoms with Crippen molar-refractivity contribution in [1.82, 2.24) is 9.97 Å². The van der Waals surface area contributed by atoms with E-state index in [4.69, 9.17) is 11.5 Å². The maximum Gasteiger partial charge on any atom is 0.140 e. The highest BCUT2D eigenvalue weighted by atomic mass is 14.9. The molecule has 92 valence electrons. The molecule has 2 rings (SSSR count). The Balaban J connectivity index is 2.69. The van der Waals surface area contributed by atoms with Crippen LogP contribution in [0.15, 0.2) is 48.0 Å². The van der Waals surface area contributed by atoms with Crippen molar-refractivity contribution in [3.8, 4) is 0 Å². The summed E-state index contributed by atoms with van der Waals surface area (Å²) in [7, 11) is 0. The first kappa shape index (κ1) is 11.9. The summed E-state index contributed by atoms with van der Waals surface area (Å²) in [5.74, 6) is 0.250. The van der Waals surface area contributed by atoms with Crippen LogP contribution in [0.5, 0.6) is 0 Å². The lowest BCUT2D eigenvalue weighted by Gasteiger charge is -2.02. The lowest BCUT2D eigenvalue weighted by Crippen LogP contribution is -2.01. The van der Waals surface area contributed by atoms with Gasteiger partial charge < -0.3 is 16.5 Å². The summed E-state index contributed by atoms with van der Waals surface area (Å²) in [6.45, 7) is 5.50. The quantitative estimate of drug-likeness (QED) is 0.717. The number of allylic oxidation sites excluding steroid dienone is 2. The van der Waals surface area contributed by atoms with Gasteiger partial charge in [-0.3, -0.25) is 0 Å². The van der Waals surface area contributed by atoms with Crippen LogP contribution in [0.2, 0.25) is 0 Å². The molecule has 0 fully saturated rings. The van der Waals surface area contributed by atoms with Crippen LogP contribution in [0.25, 0.3) is 11.0 Å². The minimum atomic E-state index is 0.250. The highest BCUT2D eigenvalue weighted by Crippen LogP contribution is 2.23. The van der Waals surface area contributed by atoms with Crippen molar-refractivity contribution >= 4 is 22.4 Å². The van der Waals surface area contributed by atoms with Crippen LogP contribution in [-0.4, -0.2) is 15.7 Å². The Morgan fingerprint density at radius 1 is 1.56 bits per heavy atom. The number of fused-ring (bicyclic) bond motifs is 1. The van der Waals surface area contributed by atoms with Crippen molar-refractivity contribution in [1.29, 1.82) is 0 Å². The summed E-state index contributed by atoms with van der Waals surface area (Å²) in [6.07, 6.45) is 7.21. The van der Waals surface area contributed by atoms with Crippen LogP contribution < -0.4 is 11.5 Å². The molecule has 0 aliphatic rings. The molecule has 5 heteroatoms. The molecular weight excluding hydrogens is 226 g/mol. The van der Waals surface area contributed by atoms with E-state index in [0.29, 0.717) is 11.4 Å². The number of rotatable bonds is 3. The number of pyridine rings is 1. The van der Waals surface area contributed by atoms with E-state index >= 15 is 0 Å². The average molecular weight is 241 g/mol. The predicted octanol–water partition coefficient (Wildman–Crippen LogP) is 1.94. The van der Waals surface area contributed by atoms with Gasteiger partial charge in [0.05, 0.1) is 11.1 Å². The molecular formula is C13H15N5. The van der Waals surface area contributed by atoms with Crippen molar-refractivity contribution in [3.63, 3.8) is 0 Å². The number of aromatic nitrogens is 2. The second-order valence-electron chi connectivity index (χ2n) is 3.81. The van der Waals surface area contributed by atoms with E-state index < -0.39 is 0 Å². The van der Waals surface area contributed by atoms with Gasteiger partial charge in [-0.05, 0) is 19.1 Å². The molecule has 0 bridgehead atoms. The lowest BCUT2D eigenvalue weighted by molar-refractivity contribution is 1.26. The average Bonchev–Trinajstić information content (AvgIpc) is 2.73. The first-order valence-corrected chi connectivity index (χ1v) is 5.51. The number of hydrogen-bond donors (Lipinski definition) is 3. The van der Waals surface area contributed by atoms with Gasteiger partial charge in [0.2, 0.25) is 0 Å². The molecule has 0 spiro atoms. The Morgan fingerprint density at radius 2 is 2.33 bits per heavy atom. The van der Waals surface area contributed by atoms with Gasteiger partial charge in [0.1, 0.15) is 11.5 Å². The van der Waals surface area contributed by atoms with E-state index in [0.717, 1.165) is 16.6 Å². The first-order valence-electron chi connectivity index (χ1n) is 5.51. The molecule has 0 atom stereocenters. The van der Waals surface area contributed by atoms with Gasteiger partial charge in [-0.1, -0.05) is 12.7 Å². The number of nitrogens with two attached hydrogens (primary N) is 2. The number of nitrogens with zero attached hydrogens (tertiary/aromatic N) is 2. The number of nitrogen functional groups attached to an aromatic ring is 1. The number of hydrogen-bond acceptors (Lipinski definition) is 4. The SMILES string of the molecule is C=C(N)/N=C(\C=C/C)c1c[nH]c2nccc(N)c12. The molecule has 0 saturated carbocycles. The number of aliphatic imine (C=N–C) groups is 1. The smallest absolute Gasteiger partial charge is 0.140 e. The van der Waals surface area contributed by atoms with E-state index in [1.807, 2.05) is 25.3 Å². The van der Waals surface area contributed by atoms with Crippen molar-refractivity contribution < 1.29 is 0 Å². The van der Waals surface area contributed by atoms with E-state index in [1.165, 1.54) is 0 Å². The Morgan fingerprint density at radius 3 is 3.00 bits per heavy atom. The summed E-state index contributed by atoms with van der Waals surface area (Å²) in [4.78, 5) is 11.5. The summed E-state index contributed by atoms with van der Waals surface area (Å²) < 4.78 is 0. The van der Waals surface area contributed by atoms with Gasteiger partial charge in [-0.2, -0.15) is 0 Å². The predicted molar refractivity (Wildman–Crippen MR) is 75.2 cm³/mol. The Hall–Kier alpha value is -2.56. The summed E-state index contributed by atoms with van der Waals surface area (Å²) in [5.41, 5.74) is 14.5. The Bertz CT molecular complexity index is 648. The zero-order valence-electron chi connectivity index (χ0n) is 10.1. The molecule has 0 aromatic carbocycles. The number of nitrogens with one attached hydrogen (secondary N) is 1. The van der Waals surface area contributed by atoms with Gasteiger partial charge in [-0.15, -0.1) is 0 Å². The van der Waals surface area contributed by atoms with Crippen LogP contribution in [-0.2, 0) is 0 Å². The normalized spacial score (nSPS) is 12.4. The van der Waals surface area contributed by atoms with Crippen LogP contribution >= 0.6 is 0 Å². The molecule has 2 aromatic heterocycles. The van der Waals surface area contributed by atoms with Crippen molar-refractivity contribution in [2.45, 2.75) is 6.92 Å². The topological polar surface area (TPSA) is 93.1 Å². The van der Waals surface area contributed by atoms with E-state index in [-0.39, 0.29) is 5.82 Å². The maximum absolute atomic E-state index is 5.97. The van der Waals surface area contributed by atoms with Crippen LogP contribution in [0, 0.1) is 0 Å². The molecule has 2 aromatic rings. The van der Waals surface area contributed by atoms with Gasteiger partial charge in [0.15, 0.2) is 0 Å². The lowest BCUT2D eigenvalue weighted by atomic mass is 10.1. The second-order valence-corrected chi connectivity index (χ2v) is 3.81. The van der Waals surface area contributed by atoms with Crippen LogP contribution in [0.1, 0.15) is 12.5 Å². The fraction of sp³-hybridized carbons (Fsp3) is 0.0769. The molecule has 5 N–H and O–H groups in total. The molecule has 0 amide bonds. The third kappa shape index (κ3) is 2.10. The Kier molecular flexibility index (Phi) is 3.14. The third-order valence-corrected chi connectivity index (χ3v) is 2.47. The van der Waals surface area contributed by atoms with Crippen LogP contribution in [0.4, 0.5) is 5.69 Å². The van der Waals surface area contributed by atoms with Gasteiger partial charge >= 0.3 is 0 Å². The third-order valence-electron chi connectivity index (χ3n) is 2.47. The van der Waals surface area contributed by atoms with Crippen molar-refractivity contribution in [2.75, 3.05) is 5.73 Å². The van der Waals surface area contributed by atoms with E-state index in [1.54, 1.807) is 12.3 Å². The van der Waals surface area contributed by atoms with E-state index in [2.05, 4.69) is 21.5 Å². The summed E-state index contributed by atoms with van der Waals surface area (Å²) in [5, 5.41) is 0.843. The molecule has 0 saturated heterocycles. The molecule has 0 unspecified atom stereocenters. The minimum Gasteiger partial charge on any atom is -0.398 e. The van der Waals surface area contributed by atoms with Gasteiger partial charge in [0.25, 0.3) is 0 Å². The fourth-order valence-corrected chi connectivity index (χ4v) is 1.78. The largest absolute Gasteiger partial charge is 0.398 e. The number of anilines is 1. The molecule has 0 aliphatic heterocycles. The second kappa shape index (κ2) is 4.75. The van der Waals surface area contributed by atoms with E-state index in [9.17, 15) is 0 Å². The van der Waals surface area contributed by atoms with Crippen molar-refractivity contribution in [3.05, 3.63) is 48.6 Å². The van der Waals surface area contributed by atoms with Gasteiger partial charge in [0, 0.05) is 23.6 Å². The zero-order valence-corrected chi connectivity index (χ0v) is 10.1. The molecule has 18 heavy (non-hydrogen) atoms. The maximum atomic E-state index is 5.97.